The van der Waals surface area contributed by atoms with Gasteiger partial charge in [0, 0.05) is 12.6 Å². The first-order valence-electron chi connectivity index (χ1n) is 3.62. The summed E-state index contributed by atoms with van der Waals surface area (Å²) in [4.78, 5) is 3.61. The molecule has 0 fully saturated rings. The first-order chi connectivity index (χ1) is 6.42. The van der Waals surface area contributed by atoms with Crippen molar-refractivity contribution in [3.05, 3.63) is 18.0 Å². The van der Waals surface area contributed by atoms with Gasteiger partial charge in [-0.15, -0.1) is 13.2 Å². The molecule has 78 valence electrons. The van der Waals surface area contributed by atoms with Crippen LogP contribution in [-0.2, 0) is 6.54 Å². The van der Waals surface area contributed by atoms with Crippen molar-refractivity contribution in [3.63, 3.8) is 0 Å². The van der Waals surface area contributed by atoms with E-state index in [9.17, 15) is 13.2 Å². The van der Waals surface area contributed by atoms with E-state index in [-0.39, 0.29) is 17.9 Å². The third-order valence-electron chi connectivity index (χ3n) is 1.37. The van der Waals surface area contributed by atoms with Crippen molar-refractivity contribution >= 4 is 5.69 Å². The lowest BCUT2D eigenvalue weighted by Gasteiger charge is -2.11. The number of ether oxygens (including phenoxy) is 1. The van der Waals surface area contributed by atoms with Crippen LogP contribution in [0.3, 0.4) is 0 Å². The van der Waals surface area contributed by atoms with Crippen molar-refractivity contribution in [1.82, 2.24) is 4.98 Å². The number of pyridine rings is 1. The van der Waals surface area contributed by atoms with Gasteiger partial charge in [0.15, 0.2) is 5.75 Å². The fraction of sp³-hybridized carbons (Fsp3) is 0.286. The number of hydrogen-bond acceptors (Lipinski definition) is 4. The molecule has 0 spiro atoms. The van der Waals surface area contributed by atoms with E-state index in [0.29, 0.717) is 0 Å². The van der Waals surface area contributed by atoms with E-state index in [4.69, 9.17) is 11.5 Å². The zero-order valence-electron chi connectivity index (χ0n) is 7.01. The second-order valence-corrected chi connectivity index (χ2v) is 2.47. The van der Waals surface area contributed by atoms with Gasteiger partial charge in [-0.3, -0.25) is 4.98 Å². The molecule has 0 saturated heterocycles. The van der Waals surface area contributed by atoms with Gasteiger partial charge >= 0.3 is 6.36 Å². The zero-order valence-corrected chi connectivity index (χ0v) is 7.01. The van der Waals surface area contributed by atoms with Gasteiger partial charge in [-0.1, -0.05) is 0 Å². The summed E-state index contributed by atoms with van der Waals surface area (Å²) < 4.78 is 39.3. The number of aromatic nitrogens is 1. The summed E-state index contributed by atoms with van der Waals surface area (Å²) in [6, 6.07) is 1.03. The fourth-order valence-corrected chi connectivity index (χ4v) is 0.854. The smallest absolute Gasteiger partial charge is 0.404 e. The van der Waals surface area contributed by atoms with Gasteiger partial charge in [-0.25, -0.2) is 0 Å². The quantitative estimate of drug-likeness (QED) is 0.759. The molecule has 0 aliphatic rings. The Labute approximate surface area is 77.7 Å². The first-order valence-corrected chi connectivity index (χ1v) is 3.62. The molecule has 1 rings (SSSR count). The molecule has 0 aliphatic heterocycles. The molecule has 14 heavy (non-hydrogen) atoms. The number of halogens is 3. The van der Waals surface area contributed by atoms with Crippen molar-refractivity contribution in [2.45, 2.75) is 12.9 Å². The SMILES string of the molecule is NCc1ncc(N)cc1OC(F)(F)F. The minimum absolute atomic E-state index is 0.0107. The number of hydrogen-bond donors (Lipinski definition) is 2. The lowest BCUT2D eigenvalue weighted by Crippen LogP contribution is -2.19. The van der Waals surface area contributed by atoms with Crippen LogP contribution in [0, 0.1) is 0 Å². The van der Waals surface area contributed by atoms with Gasteiger partial charge in [0.2, 0.25) is 0 Å². The molecule has 0 atom stereocenters. The lowest BCUT2D eigenvalue weighted by atomic mass is 10.3. The number of alkyl halides is 3. The second kappa shape index (κ2) is 3.70. The van der Waals surface area contributed by atoms with E-state index in [1.165, 1.54) is 6.20 Å². The zero-order chi connectivity index (χ0) is 10.8. The fourth-order valence-electron chi connectivity index (χ4n) is 0.854. The standard InChI is InChI=1S/C7H8F3N3O/c8-7(9,10)14-6-1-4(12)3-13-5(6)2-11/h1,3H,2,11-12H2. The largest absolute Gasteiger partial charge is 0.573 e. The van der Waals surface area contributed by atoms with Crippen LogP contribution >= 0.6 is 0 Å². The highest BCUT2D eigenvalue weighted by Crippen LogP contribution is 2.26. The number of anilines is 1. The monoisotopic (exact) mass is 207 g/mol. The van der Waals surface area contributed by atoms with Crippen LogP contribution in [0.2, 0.25) is 0 Å². The summed E-state index contributed by atoms with van der Waals surface area (Å²) in [6.45, 7) is -0.147. The van der Waals surface area contributed by atoms with Crippen molar-refractivity contribution in [3.8, 4) is 5.75 Å². The maximum atomic E-state index is 11.9. The lowest BCUT2D eigenvalue weighted by molar-refractivity contribution is -0.275. The van der Waals surface area contributed by atoms with Crippen molar-refractivity contribution < 1.29 is 17.9 Å². The minimum atomic E-state index is -4.76. The normalized spacial score (nSPS) is 11.4. The molecular formula is C7H8F3N3O. The third-order valence-corrected chi connectivity index (χ3v) is 1.37. The molecule has 0 aromatic carbocycles. The van der Waals surface area contributed by atoms with Crippen LogP contribution in [0.5, 0.6) is 5.75 Å². The average molecular weight is 207 g/mol. The van der Waals surface area contributed by atoms with E-state index >= 15 is 0 Å². The Hall–Kier alpha value is -1.50. The molecule has 0 bridgehead atoms. The minimum Gasteiger partial charge on any atom is -0.404 e. The van der Waals surface area contributed by atoms with Crippen LogP contribution < -0.4 is 16.2 Å². The van der Waals surface area contributed by atoms with Crippen LogP contribution in [0.25, 0.3) is 0 Å². The Morgan fingerprint density at radius 3 is 2.57 bits per heavy atom. The maximum Gasteiger partial charge on any atom is 0.573 e. The van der Waals surface area contributed by atoms with Gasteiger partial charge < -0.3 is 16.2 Å². The van der Waals surface area contributed by atoms with Gasteiger partial charge in [0.25, 0.3) is 0 Å². The molecule has 0 radical (unpaired) electrons. The van der Waals surface area contributed by atoms with Gasteiger partial charge in [0.1, 0.15) is 0 Å². The van der Waals surface area contributed by atoms with Gasteiger partial charge in [0.05, 0.1) is 17.6 Å². The number of nitrogen functional groups attached to an aromatic ring is 1. The molecule has 0 saturated carbocycles. The second-order valence-electron chi connectivity index (χ2n) is 2.47. The predicted octanol–water partition coefficient (Wildman–Crippen LogP) is 1.02. The Kier molecular flexibility index (Phi) is 2.80. The molecule has 0 aliphatic carbocycles. The van der Waals surface area contributed by atoms with Crippen molar-refractivity contribution in [2.24, 2.45) is 5.73 Å². The van der Waals surface area contributed by atoms with E-state index in [0.717, 1.165) is 6.07 Å². The van der Waals surface area contributed by atoms with Crippen LogP contribution in [0.1, 0.15) is 5.69 Å². The van der Waals surface area contributed by atoms with E-state index < -0.39 is 12.1 Å². The highest BCUT2D eigenvalue weighted by Gasteiger charge is 2.32. The third kappa shape index (κ3) is 2.77. The van der Waals surface area contributed by atoms with Gasteiger partial charge in [-0.05, 0) is 0 Å². The molecule has 1 aromatic heterocycles. The summed E-state index contributed by atoms with van der Waals surface area (Å²) in [5, 5.41) is 0. The van der Waals surface area contributed by atoms with Crippen LogP contribution in [0.4, 0.5) is 18.9 Å². The van der Waals surface area contributed by atoms with E-state index in [2.05, 4.69) is 9.72 Å². The Bertz CT molecular complexity index is 326. The Morgan fingerprint density at radius 2 is 2.07 bits per heavy atom. The summed E-state index contributed by atoms with van der Waals surface area (Å²) in [7, 11) is 0. The van der Waals surface area contributed by atoms with Crippen molar-refractivity contribution in [1.29, 1.82) is 0 Å². The Morgan fingerprint density at radius 1 is 1.43 bits per heavy atom. The number of nitrogens with two attached hydrogens (primary N) is 2. The maximum absolute atomic E-state index is 11.9. The molecule has 0 amide bonds. The number of rotatable bonds is 2. The molecule has 0 unspecified atom stereocenters. The topological polar surface area (TPSA) is 74.2 Å². The van der Waals surface area contributed by atoms with Crippen LogP contribution in [0.15, 0.2) is 12.3 Å². The van der Waals surface area contributed by atoms with Crippen LogP contribution in [-0.4, -0.2) is 11.3 Å². The predicted molar refractivity (Wildman–Crippen MR) is 43.2 cm³/mol. The molecule has 4 N–H and O–H groups in total. The summed E-state index contributed by atoms with van der Waals surface area (Å²) in [5.74, 6) is -0.458. The highest BCUT2D eigenvalue weighted by atomic mass is 19.4. The summed E-state index contributed by atoms with van der Waals surface area (Å²) >= 11 is 0. The molecular weight excluding hydrogens is 199 g/mol. The van der Waals surface area contributed by atoms with Crippen molar-refractivity contribution in [2.75, 3.05) is 5.73 Å². The highest BCUT2D eigenvalue weighted by molar-refractivity contribution is 5.43. The summed E-state index contributed by atoms with van der Waals surface area (Å²) in [5.41, 5.74) is 10.5. The molecule has 4 nitrogen and oxygen atoms in total. The first kappa shape index (κ1) is 10.6. The van der Waals surface area contributed by atoms with Gasteiger partial charge in [-0.2, -0.15) is 0 Å². The van der Waals surface area contributed by atoms with E-state index in [1.54, 1.807) is 0 Å². The average Bonchev–Trinajstić information content (AvgIpc) is 2.01. The Balaban J connectivity index is 2.99. The molecule has 1 aromatic rings. The molecule has 7 heteroatoms. The molecule has 1 heterocycles. The summed E-state index contributed by atoms with van der Waals surface area (Å²) in [6.07, 6.45) is -3.55. The van der Waals surface area contributed by atoms with E-state index in [1.807, 2.05) is 0 Å². The number of nitrogens with zero attached hydrogens (tertiary/aromatic N) is 1.